The summed E-state index contributed by atoms with van der Waals surface area (Å²) in [4.78, 5) is 0. The van der Waals surface area contributed by atoms with Crippen LogP contribution in [0.3, 0.4) is 0 Å². The third kappa shape index (κ3) is 13.7. The van der Waals surface area contributed by atoms with Crippen molar-refractivity contribution in [3.63, 3.8) is 0 Å². The van der Waals surface area contributed by atoms with E-state index in [0.29, 0.717) is 14.5 Å². The van der Waals surface area contributed by atoms with Gasteiger partial charge in [-0.05, 0) is 28.4 Å². The van der Waals surface area contributed by atoms with Gasteiger partial charge in [0.1, 0.15) is 0 Å². The first-order valence-electron chi connectivity index (χ1n) is 18.7. The van der Waals surface area contributed by atoms with Crippen LogP contribution in [0.25, 0.3) is 11.1 Å². The molecule has 0 bridgehead atoms. The number of hydrogen-bond donors (Lipinski definition) is 0. The van der Waals surface area contributed by atoms with E-state index in [2.05, 4.69) is 124 Å². The molecule has 0 saturated heterocycles. The molecule has 2 aliphatic carbocycles. The van der Waals surface area contributed by atoms with E-state index < -0.39 is 23.5 Å². The molecule has 9 heteroatoms. The van der Waals surface area contributed by atoms with Crippen LogP contribution in [-0.2, 0) is 53.8 Å². The molecule has 0 saturated carbocycles. The van der Waals surface area contributed by atoms with Crippen molar-refractivity contribution >= 4 is 28.0 Å². The molecule has 0 N–H and O–H groups in total. The van der Waals surface area contributed by atoms with Gasteiger partial charge in [0.15, 0.2) is 0 Å². The molecule has 0 radical (unpaired) electrons. The first-order chi connectivity index (χ1) is 25.3. The van der Waals surface area contributed by atoms with Crippen molar-refractivity contribution in [3.05, 3.63) is 153 Å². The van der Waals surface area contributed by atoms with Crippen molar-refractivity contribution in [2.75, 3.05) is 0 Å². The minimum absolute atomic E-state index is 0. The Bertz CT molecular complexity index is 1930. The van der Waals surface area contributed by atoms with Crippen LogP contribution in [0.1, 0.15) is 127 Å². The molecule has 306 valence electrons. The molecule has 6 rings (SSSR count). The van der Waals surface area contributed by atoms with E-state index in [9.17, 15) is 26.3 Å². The van der Waals surface area contributed by atoms with Gasteiger partial charge in [-0.25, -0.2) is 6.08 Å². The van der Waals surface area contributed by atoms with Crippen LogP contribution in [0.5, 0.6) is 0 Å². The number of hydrogen-bond acceptors (Lipinski definition) is 0. The normalized spacial score (nSPS) is 14.8. The monoisotopic (exact) mass is 904 g/mol. The Balaban J connectivity index is 0.000000302. The van der Waals surface area contributed by atoms with Crippen LogP contribution < -0.4 is 0 Å². The number of alkyl halides is 6. The van der Waals surface area contributed by atoms with E-state index in [-0.39, 0.29) is 46.8 Å². The van der Waals surface area contributed by atoms with Gasteiger partial charge in [0.05, 0.1) is 0 Å². The van der Waals surface area contributed by atoms with Gasteiger partial charge in [-0.2, -0.15) is 35.4 Å². The molecule has 0 fully saturated rings. The second-order valence-electron chi connectivity index (χ2n) is 17.4. The summed E-state index contributed by atoms with van der Waals surface area (Å²) in [7, 11) is 0. The van der Waals surface area contributed by atoms with Crippen molar-refractivity contribution in [2.45, 2.75) is 112 Å². The molecule has 1 atom stereocenters. The van der Waals surface area contributed by atoms with Crippen LogP contribution in [0.2, 0.25) is 0 Å². The van der Waals surface area contributed by atoms with Crippen molar-refractivity contribution in [1.29, 1.82) is 0 Å². The van der Waals surface area contributed by atoms with Crippen LogP contribution in [0.4, 0.5) is 26.3 Å². The van der Waals surface area contributed by atoms with Crippen molar-refractivity contribution in [1.82, 2.24) is 0 Å². The summed E-state index contributed by atoms with van der Waals surface area (Å²) in [5.74, 6) is 0.587. The molecular formula is C48H54Cl2F6Zr. The molecule has 0 aliphatic heterocycles. The number of rotatable bonds is 4. The number of fused-ring (bicyclic) bond motifs is 3. The molecular weight excluding hydrogens is 853 g/mol. The topological polar surface area (TPSA) is 0 Å². The van der Waals surface area contributed by atoms with E-state index >= 15 is 0 Å². The third-order valence-corrected chi connectivity index (χ3v) is 11.1. The Labute approximate surface area is 363 Å². The molecule has 0 amide bonds. The van der Waals surface area contributed by atoms with Gasteiger partial charge in [0.2, 0.25) is 0 Å². The minimum atomic E-state index is -4.49. The fourth-order valence-corrected chi connectivity index (χ4v) is 7.11. The standard InChI is InChI=1S/C21H25.C15H8F6.C12H19.2ClH.Zr/c1-20(2,3)16-7-9-18-14(12-16)11-15-13-17(21(4,5)6)8-10-19(15)18;16-14(17,18)12-5-1-3-10(8-12)7-11-4-2-6-13(9-11)15(19,20)21;1-5-6-10-7-8-11(9-10)12(2,3)4;;;/h7-10,12H,11H2,1-6H3;1-6,8-9H;8-10H,5-6H2,1-4H3;2*1H;/q-1;;-1;;;+2. The molecule has 2 aliphatic rings. The van der Waals surface area contributed by atoms with Crippen molar-refractivity contribution in [3.8, 4) is 11.1 Å². The van der Waals surface area contributed by atoms with Gasteiger partial charge >= 0.3 is 137 Å². The third-order valence-electron chi connectivity index (χ3n) is 9.72. The number of allylic oxidation sites excluding steroid dienone is 4. The number of halogens is 8. The Morgan fingerprint density at radius 3 is 1.61 bits per heavy atom. The maximum absolute atomic E-state index is 12.7. The van der Waals surface area contributed by atoms with Crippen molar-refractivity contribution in [2.24, 2.45) is 11.3 Å². The molecule has 4 aromatic rings. The summed E-state index contributed by atoms with van der Waals surface area (Å²) in [6.45, 7) is 22.6. The Morgan fingerprint density at radius 1 is 0.649 bits per heavy atom. The average molecular weight is 907 g/mol. The van der Waals surface area contributed by atoms with Gasteiger partial charge in [0, 0.05) is 0 Å². The zero-order chi connectivity index (χ0) is 41.1. The second kappa shape index (κ2) is 19.6. The summed E-state index contributed by atoms with van der Waals surface area (Å²) >= 11 is 0.729. The molecule has 57 heavy (non-hydrogen) atoms. The zero-order valence-corrected chi connectivity index (χ0v) is 38.5. The predicted octanol–water partition coefficient (Wildman–Crippen LogP) is 15.1. The fourth-order valence-electron chi connectivity index (χ4n) is 6.35. The summed E-state index contributed by atoms with van der Waals surface area (Å²) in [5.41, 5.74) is 9.35. The van der Waals surface area contributed by atoms with E-state index in [4.69, 9.17) is 0 Å². The van der Waals surface area contributed by atoms with E-state index in [1.807, 2.05) is 0 Å². The summed E-state index contributed by atoms with van der Waals surface area (Å²) < 4.78 is 76.7. The predicted molar refractivity (Wildman–Crippen MR) is 225 cm³/mol. The second-order valence-corrected chi connectivity index (χ2v) is 18.7. The molecule has 1 unspecified atom stereocenters. The van der Waals surface area contributed by atoms with Crippen molar-refractivity contribution < 1.29 is 50.6 Å². The van der Waals surface area contributed by atoms with E-state index in [0.717, 1.165) is 54.9 Å². The average Bonchev–Trinajstić information content (AvgIpc) is 3.72. The first-order valence-corrected chi connectivity index (χ1v) is 20.0. The summed E-state index contributed by atoms with van der Waals surface area (Å²) in [6.07, 6.45) is 2.48. The summed E-state index contributed by atoms with van der Waals surface area (Å²) in [6, 6.07) is 24.3. The molecule has 0 spiro atoms. The molecule has 4 aromatic carbocycles. The van der Waals surface area contributed by atoms with Crippen LogP contribution in [0, 0.1) is 23.5 Å². The van der Waals surface area contributed by atoms with Gasteiger partial charge in [0.25, 0.3) is 0 Å². The van der Waals surface area contributed by atoms with Gasteiger partial charge < -0.3 is 0 Å². The maximum atomic E-state index is 12.7. The number of benzene rings is 4. The van der Waals surface area contributed by atoms with Gasteiger partial charge in [-0.3, -0.25) is 6.08 Å². The van der Waals surface area contributed by atoms with Crippen LogP contribution >= 0.6 is 24.8 Å². The Kier molecular flexibility index (Phi) is 17.3. The van der Waals surface area contributed by atoms with Gasteiger partial charge in [-0.1, -0.05) is 117 Å². The zero-order valence-electron chi connectivity index (χ0n) is 34.4. The molecule has 0 heterocycles. The van der Waals surface area contributed by atoms with E-state index in [1.165, 1.54) is 76.1 Å². The molecule has 0 nitrogen and oxygen atoms in total. The fraction of sp³-hybridized carbons (Fsp3) is 0.396. The van der Waals surface area contributed by atoms with E-state index in [1.54, 1.807) is 0 Å². The SMILES string of the molecule is CC(C)(C)c1[c-]c2c(cc1)-c1ccc(C(C)(C)C)cc1C2.CCCC1[C-]=CC(C(C)(C)C)=C1.Cl.Cl.FC(F)(F)c1cccc([C](=[Zr+2])c2cccc(C(F)(F)F)c2)c1. The van der Waals surface area contributed by atoms with Gasteiger partial charge in [-0.15, -0.1) is 35.9 Å². The Morgan fingerprint density at radius 2 is 1.18 bits per heavy atom. The molecule has 0 aromatic heterocycles. The quantitative estimate of drug-likeness (QED) is 0.125. The summed E-state index contributed by atoms with van der Waals surface area (Å²) in [5, 5.41) is 0. The van der Waals surface area contributed by atoms with Crippen LogP contribution in [0.15, 0.2) is 96.6 Å². The first kappa shape index (κ1) is 50.4. The Hall–Kier alpha value is -2.73. The van der Waals surface area contributed by atoms with Crippen LogP contribution in [-0.4, -0.2) is 3.21 Å².